The summed E-state index contributed by atoms with van der Waals surface area (Å²) in [6.45, 7) is 1.73. The highest BCUT2D eigenvalue weighted by molar-refractivity contribution is 7.99. The Balaban J connectivity index is 1.76. The number of aliphatic hydroxyl groups excluding tert-OH is 1. The van der Waals surface area contributed by atoms with E-state index in [9.17, 15) is 5.11 Å². The Hall–Kier alpha value is -1.49. The normalized spacial score (nSPS) is 16.6. The van der Waals surface area contributed by atoms with Gasteiger partial charge in [-0.15, -0.1) is 0 Å². The number of ether oxygens (including phenoxy) is 1. The Morgan fingerprint density at radius 1 is 1.17 bits per heavy atom. The standard InChI is InChI=1S/C19H23NO2S/c1-20(2)10-5-11-22-15-8-9-16-17(21)12-14-6-3-4-7-18(14)23-19(16)13-15/h3-4,6-9,13,17,21H,5,10-12H2,1-2H3. The first-order valence-corrected chi connectivity index (χ1v) is 8.80. The molecule has 122 valence electrons. The van der Waals surface area contributed by atoms with E-state index in [4.69, 9.17) is 4.74 Å². The van der Waals surface area contributed by atoms with Crippen molar-refractivity contribution in [1.82, 2.24) is 4.90 Å². The highest BCUT2D eigenvalue weighted by atomic mass is 32.2. The maximum absolute atomic E-state index is 10.5. The molecule has 0 spiro atoms. The first-order chi connectivity index (χ1) is 11.1. The maximum Gasteiger partial charge on any atom is 0.120 e. The van der Waals surface area contributed by atoms with Gasteiger partial charge in [0.15, 0.2) is 0 Å². The van der Waals surface area contributed by atoms with Crippen LogP contribution in [0.15, 0.2) is 52.3 Å². The van der Waals surface area contributed by atoms with Crippen LogP contribution in [0.1, 0.15) is 23.7 Å². The van der Waals surface area contributed by atoms with Gasteiger partial charge in [-0.05, 0) is 49.8 Å². The van der Waals surface area contributed by atoms with Crippen molar-refractivity contribution in [1.29, 1.82) is 0 Å². The Morgan fingerprint density at radius 2 is 2.00 bits per heavy atom. The van der Waals surface area contributed by atoms with E-state index < -0.39 is 6.10 Å². The molecule has 1 heterocycles. The fraction of sp³-hybridized carbons (Fsp3) is 0.368. The zero-order chi connectivity index (χ0) is 16.2. The molecular formula is C19H23NO2S. The van der Waals surface area contributed by atoms with Gasteiger partial charge in [0, 0.05) is 22.8 Å². The fourth-order valence-electron chi connectivity index (χ4n) is 2.75. The number of hydrogen-bond donors (Lipinski definition) is 1. The van der Waals surface area contributed by atoms with Crippen molar-refractivity contribution < 1.29 is 9.84 Å². The molecule has 1 aliphatic rings. The minimum Gasteiger partial charge on any atom is -0.494 e. The van der Waals surface area contributed by atoms with Crippen molar-refractivity contribution in [3.8, 4) is 5.75 Å². The summed E-state index contributed by atoms with van der Waals surface area (Å²) in [5, 5.41) is 10.5. The third-order valence-corrected chi connectivity index (χ3v) is 5.16. The summed E-state index contributed by atoms with van der Waals surface area (Å²) >= 11 is 1.72. The fourth-order valence-corrected chi connectivity index (χ4v) is 3.91. The van der Waals surface area contributed by atoms with Gasteiger partial charge in [-0.1, -0.05) is 36.0 Å². The molecule has 0 fully saturated rings. The molecule has 0 radical (unpaired) electrons. The van der Waals surface area contributed by atoms with Crippen molar-refractivity contribution in [2.75, 3.05) is 27.2 Å². The van der Waals surface area contributed by atoms with Crippen LogP contribution in [0.25, 0.3) is 0 Å². The molecule has 1 unspecified atom stereocenters. The summed E-state index contributed by atoms with van der Waals surface area (Å²) in [5.74, 6) is 0.876. The molecule has 0 saturated carbocycles. The van der Waals surface area contributed by atoms with Crippen LogP contribution >= 0.6 is 11.8 Å². The summed E-state index contributed by atoms with van der Waals surface area (Å²) in [4.78, 5) is 4.46. The van der Waals surface area contributed by atoms with E-state index in [1.165, 1.54) is 10.5 Å². The molecule has 0 aromatic heterocycles. The lowest BCUT2D eigenvalue weighted by molar-refractivity contribution is 0.175. The van der Waals surface area contributed by atoms with Crippen LogP contribution in [0.5, 0.6) is 5.75 Å². The van der Waals surface area contributed by atoms with Gasteiger partial charge in [-0.25, -0.2) is 0 Å². The van der Waals surface area contributed by atoms with Crippen LogP contribution in [0.3, 0.4) is 0 Å². The quantitative estimate of drug-likeness (QED) is 0.847. The molecule has 1 N–H and O–H groups in total. The molecule has 0 aliphatic carbocycles. The lowest BCUT2D eigenvalue weighted by atomic mass is 10.0. The van der Waals surface area contributed by atoms with Crippen LogP contribution in [-0.2, 0) is 6.42 Å². The predicted octanol–water partition coefficient (Wildman–Crippen LogP) is 3.76. The van der Waals surface area contributed by atoms with Crippen molar-refractivity contribution in [2.45, 2.75) is 28.7 Å². The highest BCUT2D eigenvalue weighted by Gasteiger charge is 2.21. The molecule has 2 aromatic rings. The Morgan fingerprint density at radius 3 is 2.83 bits per heavy atom. The Bertz CT molecular complexity index is 672. The van der Waals surface area contributed by atoms with Gasteiger partial charge < -0.3 is 14.7 Å². The largest absolute Gasteiger partial charge is 0.494 e. The molecular weight excluding hydrogens is 306 g/mol. The lowest BCUT2D eigenvalue weighted by Gasteiger charge is -2.14. The molecule has 0 amide bonds. The maximum atomic E-state index is 10.5. The number of benzene rings is 2. The topological polar surface area (TPSA) is 32.7 Å². The van der Waals surface area contributed by atoms with Crippen molar-refractivity contribution in [3.63, 3.8) is 0 Å². The summed E-state index contributed by atoms with van der Waals surface area (Å²) < 4.78 is 5.86. The first kappa shape index (κ1) is 16.4. The van der Waals surface area contributed by atoms with Gasteiger partial charge in [0.25, 0.3) is 0 Å². The average Bonchev–Trinajstić information content (AvgIpc) is 2.67. The van der Waals surface area contributed by atoms with Crippen LogP contribution in [0.2, 0.25) is 0 Å². The van der Waals surface area contributed by atoms with Gasteiger partial charge in [-0.3, -0.25) is 0 Å². The van der Waals surface area contributed by atoms with E-state index >= 15 is 0 Å². The van der Waals surface area contributed by atoms with Gasteiger partial charge in [0.1, 0.15) is 5.75 Å². The molecule has 0 bridgehead atoms. The average molecular weight is 329 g/mol. The van der Waals surface area contributed by atoms with E-state index in [2.05, 4.69) is 37.2 Å². The monoisotopic (exact) mass is 329 g/mol. The molecule has 0 saturated heterocycles. The van der Waals surface area contributed by atoms with Gasteiger partial charge in [-0.2, -0.15) is 0 Å². The zero-order valence-corrected chi connectivity index (χ0v) is 14.5. The molecule has 2 aromatic carbocycles. The minimum atomic E-state index is -0.455. The number of fused-ring (bicyclic) bond motifs is 2. The third-order valence-electron chi connectivity index (χ3n) is 3.97. The number of rotatable bonds is 5. The Labute approximate surface area is 142 Å². The van der Waals surface area contributed by atoms with Gasteiger partial charge in [0.05, 0.1) is 12.7 Å². The van der Waals surface area contributed by atoms with E-state index in [1.807, 2.05) is 24.3 Å². The second-order valence-corrected chi connectivity index (χ2v) is 7.22. The molecule has 4 heteroatoms. The summed E-state index contributed by atoms with van der Waals surface area (Å²) in [5.41, 5.74) is 2.20. The van der Waals surface area contributed by atoms with Gasteiger partial charge >= 0.3 is 0 Å². The zero-order valence-electron chi connectivity index (χ0n) is 13.7. The number of aliphatic hydroxyl groups is 1. The number of nitrogens with zero attached hydrogens (tertiary/aromatic N) is 1. The van der Waals surface area contributed by atoms with Crippen molar-refractivity contribution >= 4 is 11.8 Å². The summed E-state index contributed by atoms with van der Waals surface area (Å²) in [6.07, 6.45) is 1.21. The van der Waals surface area contributed by atoms with Crippen LogP contribution < -0.4 is 4.74 Å². The highest BCUT2D eigenvalue weighted by Crippen LogP contribution is 2.42. The predicted molar refractivity (Wildman–Crippen MR) is 94.3 cm³/mol. The molecule has 1 atom stereocenters. The van der Waals surface area contributed by atoms with E-state index in [0.29, 0.717) is 13.0 Å². The summed E-state index contributed by atoms with van der Waals surface area (Å²) in [7, 11) is 4.13. The smallest absolute Gasteiger partial charge is 0.120 e. The van der Waals surface area contributed by atoms with Gasteiger partial charge in [0.2, 0.25) is 0 Å². The van der Waals surface area contributed by atoms with E-state index in [-0.39, 0.29) is 0 Å². The van der Waals surface area contributed by atoms with E-state index in [0.717, 1.165) is 29.2 Å². The second-order valence-electron chi connectivity index (χ2n) is 6.13. The summed E-state index contributed by atoms with van der Waals surface area (Å²) in [6, 6.07) is 14.3. The molecule has 3 rings (SSSR count). The van der Waals surface area contributed by atoms with Crippen molar-refractivity contribution in [3.05, 3.63) is 53.6 Å². The Kier molecular flexibility index (Phi) is 5.26. The van der Waals surface area contributed by atoms with Crippen LogP contribution in [-0.4, -0.2) is 37.3 Å². The molecule has 23 heavy (non-hydrogen) atoms. The third kappa shape index (κ3) is 4.08. The van der Waals surface area contributed by atoms with Crippen LogP contribution in [0.4, 0.5) is 0 Å². The molecule has 1 aliphatic heterocycles. The first-order valence-electron chi connectivity index (χ1n) is 7.99. The lowest BCUT2D eigenvalue weighted by Crippen LogP contribution is -2.15. The van der Waals surface area contributed by atoms with Crippen molar-refractivity contribution in [2.24, 2.45) is 0 Å². The SMILES string of the molecule is CN(C)CCCOc1ccc2c(c1)Sc1ccccc1CC2O. The molecule has 3 nitrogen and oxygen atoms in total. The van der Waals surface area contributed by atoms with Crippen LogP contribution in [0, 0.1) is 0 Å². The van der Waals surface area contributed by atoms with E-state index in [1.54, 1.807) is 11.8 Å². The minimum absolute atomic E-state index is 0.455. The second kappa shape index (κ2) is 7.39. The number of hydrogen-bond acceptors (Lipinski definition) is 4.